The van der Waals surface area contributed by atoms with Crippen molar-refractivity contribution in [3.05, 3.63) is 23.8 Å². The summed E-state index contributed by atoms with van der Waals surface area (Å²) in [5, 5.41) is 4.11. The summed E-state index contributed by atoms with van der Waals surface area (Å²) in [7, 11) is 0. The molecule has 5 heteroatoms. The Kier molecular flexibility index (Phi) is 4.10. The first-order valence-corrected chi connectivity index (χ1v) is 8.39. The molecule has 1 amide bonds. The maximum Gasteiger partial charge on any atom is 0.217 e. The highest BCUT2D eigenvalue weighted by Gasteiger charge is 2.22. The number of benzene rings is 1. The first-order valence-electron chi connectivity index (χ1n) is 7.57. The lowest BCUT2D eigenvalue weighted by molar-refractivity contribution is -0.119. The van der Waals surface area contributed by atoms with E-state index in [1.807, 2.05) is 0 Å². The number of carbonyl (C=O) groups excluding carboxylic acids is 1. The van der Waals surface area contributed by atoms with Gasteiger partial charge in [0.15, 0.2) is 5.13 Å². The molecule has 4 nitrogen and oxygen atoms in total. The van der Waals surface area contributed by atoms with Gasteiger partial charge in [0.05, 0.1) is 10.2 Å². The Morgan fingerprint density at radius 1 is 1.52 bits per heavy atom. The number of aromatic nitrogens is 1. The maximum atomic E-state index is 11.2. The van der Waals surface area contributed by atoms with E-state index in [0.717, 1.165) is 43.0 Å². The highest BCUT2D eigenvalue weighted by molar-refractivity contribution is 7.22. The normalized spacial score (nSPS) is 19.0. The van der Waals surface area contributed by atoms with Crippen LogP contribution in [0.4, 0.5) is 5.13 Å². The number of piperidine rings is 1. The number of aryl methyl sites for hydroxylation is 1. The van der Waals surface area contributed by atoms with Crippen LogP contribution in [0, 0.1) is 0 Å². The summed E-state index contributed by atoms with van der Waals surface area (Å²) in [5.41, 5.74) is 2.43. The molecular formula is C16H21N3OS. The van der Waals surface area contributed by atoms with Crippen molar-refractivity contribution >= 4 is 32.6 Å². The molecule has 0 bridgehead atoms. The van der Waals surface area contributed by atoms with Gasteiger partial charge in [0.1, 0.15) is 0 Å². The Morgan fingerprint density at radius 2 is 2.38 bits per heavy atom. The lowest BCUT2D eigenvalue weighted by atomic mass is 10.1. The molecule has 1 aromatic heterocycles. The fourth-order valence-corrected chi connectivity index (χ4v) is 3.93. The molecule has 21 heavy (non-hydrogen) atoms. The smallest absolute Gasteiger partial charge is 0.217 e. The molecule has 1 N–H and O–H groups in total. The minimum Gasteiger partial charge on any atom is -0.352 e. The van der Waals surface area contributed by atoms with Gasteiger partial charge in [0, 0.05) is 26.1 Å². The zero-order valence-corrected chi connectivity index (χ0v) is 13.4. The van der Waals surface area contributed by atoms with Crippen molar-refractivity contribution in [3.63, 3.8) is 0 Å². The summed E-state index contributed by atoms with van der Waals surface area (Å²) in [5.74, 6) is 0.0544. The first kappa shape index (κ1) is 14.3. The highest BCUT2D eigenvalue weighted by Crippen LogP contribution is 2.31. The zero-order valence-electron chi connectivity index (χ0n) is 12.6. The van der Waals surface area contributed by atoms with Gasteiger partial charge in [0.25, 0.3) is 0 Å². The maximum absolute atomic E-state index is 11.2. The van der Waals surface area contributed by atoms with Gasteiger partial charge in [0.2, 0.25) is 5.91 Å². The lowest BCUT2D eigenvalue weighted by Gasteiger charge is -2.32. The van der Waals surface area contributed by atoms with E-state index in [-0.39, 0.29) is 11.9 Å². The Morgan fingerprint density at radius 3 is 3.14 bits per heavy atom. The van der Waals surface area contributed by atoms with E-state index in [9.17, 15) is 4.79 Å². The fraction of sp³-hybridized carbons (Fsp3) is 0.500. The largest absolute Gasteiger partial charge is 0.352 e. The topological polar surface area (TPSA) is 45.2 Å². The minimum absolute atomic E-state index is 0.0544. The summed E-state index contributed by atoms with van der Waals surface area (Å²) in [4.78, 5) is 18.3. The molecule has 1 aromatic carbocycles. The molecule has 1 atom stereocenters. The van der Waals surface area contributed by atoms with Gasteiger partial charge in [-0.05, 0) is 37.0 Å². The van der Waals surface area contributed by atoms with Gasteiger partial charge in [-0.25, -0.2) is 4.98 Å². The standard InChI is InChI=1S/C16H21N3OS/c1-3-12-6-7-14-15(9-12)21-16(18-14)19-8-4-5-13(10-19)17-11(2)20/h6-7,9,13H,3-5,8,10H2,1-2H3,(H,17,20). The molecule has 1 aliphatic rings. The van der Waals surface area contributed by atoms with Crippen LogP contribution in [-0.4, -0.2) is 30.0 Å². The molecular weight excluding hydrogens is 282 g/mol. The number of nitrogens with one attached hydrogen (secondary N) is 1. The molecule has 1 saturated heterocycles. The molecule has 3 rings (SSSR count). The highest BCUT2D eigenvalue weighted by atomic mass is 32.1. The first-order chi connectivity index (χ1) is 10.2. The van der Waals surface area contributed by atoms with Crippen molar-refractivity contribution in [2.45, 2.75) is 39.2 Å². The monoisotopic (exact) mass is 303 g/mol. The summed E-state index contributed by atoms with van der Waals surface area (Å²) in [6.45, 7) is 5.64. The van der Waals surface area contributed by atoms with Crippen LogP contribution in [0.2, 0.25) is 0 Å². The predicted molar refractivity (Wildman–Crippen MR) is 88.0 cm³/mol. The van der Waals surface area contributed by atoms with Crippen LogP contribution in [0.5, 0.6) is 0 Å². The number of carbonyl (C=O) groups is 1. The minimum atomic E-state index is 0.0544. The van der Waals surface area contributed by atoms with Gasteiger partial charge < -0.3 is 10.2 Å². The van der Waals surface area contributed by atoms with Crippen LogP contribution in [0.15, 0.2) is 18.2 Å². The van der Waals surface area contributed by atoms with E-state index in [4.69, 9.17) is 4.98 Å². The predicted octanol–water partition coefficient (Wildman–Crippen LogP) is 2.96. The Hall–Kier alpha value is -1.62. The third-order valence-corrected chi connectivity index (χ3v) is 5.03. The number of thiazole rings is 1. The number of rotatable bonds is 3. The summed E-state index contributed by atoms with van der Waals surface area (Å²) < 4.78 is 1.26. The van der Waals surface area contributed by atoms with Crippen LogP contribution >= 0.6 is 11.3 Å². The number of hydrogen-bond donors (Lipinski definition) is 1. The van der Waals surface area contributed by atoms with E-state index in [1.54, 1.807) is 18.3 Å². The Bertz CT molecular complexity index is 652. The third-order valence-electron chi connectivity index (χ3n) is 3.95. The molecule has 2 aromatic rings. The van der Waals surface area contributed by atoms with E-state index >= 15 is 0 Å². The van der Waals surface area contributed by atoms with Gasteiger partial charge in [-0.2, -0.15) is 0 Å². The molecule has 0 radical (unpaired) electrons. The second-order valence-corrected chi connectivity index (χ2v) is 6.65. The number of hydrogen-bond acceptors (Lipinski definition) is 4. The summed E-state index contributed by atoms with van der Waals surface area (Å²) in [6.07, 6.45) is 3.21. The molecule has 112 valence electrons. The molecule has 1 fully saturated rings. The lowest BCUT2D eigenvalue weighted by Crippen LogP contribution is -2.47. The van der Waals surface area contributed by atoms with Crippen molar-refractivity contribution in [1.29, 1.82) is 0 Å². The average Bonchev–Trinajstić information content (AvgIpc) is 2.89. The van der Waals surface area contributed by atoms with Crippen molar-refractivity contribution < 1.29 is 4.79 Å². The molecule has 0 spiro atoms. The number of anilines is 1. The summed E-state index contributed by atoms with van der Waals surface area (Å²) >= 11 is 1.76. The SMILES string of the molecule is CCc1ccc2nc(N3CCCC(NC(C)=O)C3)sc2c1. The number of fused-ring (bicyclic) bond motifs is 1. The number of amides is 1. The third kappa shape index (κ3) is 3.18. The van der Waals surface area contributed by atoms with Crippen LogP contribution in [0.25, 0.3) is 10.2 Å². The number of nitrogens with zero attached hydrogens (tertiary/aromatic N) is 2. The Labute approximate surface area is 129 Å². The van der Waals surface area contributed by atoms with Crippen LogP contribution in [-0.2, 0) is 11.2 Å². The zero-order chi connectivity index (χ0) is 14.8. The van der Waals surface area contributed by atoms with Crippen LogP contribution < -0.4 is 10.2 Å². The average molecular weight is 303 g/mol. The Balaban J connectivity index is 1.80. The summed E-state index contributed by atoms with van der Waals surface area (Å²) in [6, 6.07) is 6.76. The van der Waals surface area contributed by atoms with E-state index in [0.29, 0.717) is 0 Å². The molecule has 0 saturated carbocycles. The van der Waals surface area contributed by atoms with Crippen molar-refractivity contribution in [1.82, 2.24) is 10.3 Å². The molecule has 0 aliphatic carbocycles. The van der Waals surface area contributed by atoms with E-state index < -0.39 is 0 Å². The van der Waals surface area contributed by atoms with Gasteiger partial charge >= 0.3 is 0 Å². The van der Waals surface area contributed by atoms with Crippen LogP contribution in [0.3, 0.4) is 0 Å². The molecule has 1 aliphatic heterocycles. The van der Waals surface area contributed by atoms with Crippen LogP contribution in [0.1, 0.15) is 32.3 Å². The quantitative estimate of drug-likeness (QED) is 0.948. The van der Waals surface area contributed by atoms with Gasteiger partial charge in [-0.15, -0.1) is 0 Å². The van der Waals surface area contributed by atoms with Gasteiger partial charge in [-0.3, -0.25) is 4.79 Å². The molecule has 1 unspecified atom stereocenters. The van der Waals surface area contributed by atoms with E-state index in [1.165, 1.54) is 10.3 Å². The van der Waals surface area contributed by atoms with Crippen molar-refractivity contribution in [2.24, 2.45) is 0 Å². The molecule has 2 heterocycles. The second-order valence-electron chi connectivity index (χ2n) is 5.64. The van der Waals surface area contributed by atoms with Crippen molar-refractivity contribution in [3.8, 4) is 0 Å². The second kappa shape index (κ2) is 6.02. The fourth-order valence-electron chi connectivity index (χ4n) is 2.87. The van der Waals surface area contributed by atoms with E-state index in [2.05, 4.69) is 35.3 Å². The van der Waals surface area contributed by atoms with Gasteiger partial charge in [-0.1, -0.05) is 24.3 Å². The van der Waals surface area contributed by atoms with Crippen molar-refractivity contribution in [2.75, 3.05) is 18.0 Å².